The highest BCUT2D eigenvalue weighted by atomic mass is 31.2. The van der Waals surface area contributed by atoms with Crippen molar-refractivity contribution in [3.05, 3.63) is 85.0 Å². The van der Waals surface area contributed by atoms with Crippen molar-refractivity contribution in [2.75, 3.05) is 51.3 Å². The number of nitrogens with two attached hydrogens (primary N) is 2. The molecule has 0 saturated heterocycles. The molecule has 0 aliphatic carbocycles. The zero-order valence-corrected chi connectivity index (χ0v) is 52.2. The van der Waals surface area contributed by atoms with Crippen LogP contribution in [0.25, 0.3) is 22.3 Å². The monoisotopic (exact) mass is 1310 g/mol. The van der Waals surface area contributed by atoms with Crippen molar-refractivity contribution in [3.63, 3.8) is 0 Å². The summed E-state index contributed by atoms with van der Waals surface area (Å²) in [6, 6.07) is 11.6. The fourth-order valence-corrected chi connectivity index (χ4v) is 8.39. The van der Waals surface area contributed by atoms with E-state index in [1.54, 1.807) is 103 Å². The van der Waals surface area contributed by atoms with Crippen LogP contribution < -0.4 is 11.5 Å². The number of rotatable bonds is 28. The minimum Gasteiger partial charge on any atom is -0.507 e. The number of aromatic nitrogens is 8. The summed E-state index contributed by atoms with van der Waals surface area (Å²) in [5.74, 6) is -2.15. The molecule has 0 bridgehead atoms. The van der Waals surface area contributed by atoms with Crippen molar-refractivity contribution in [2.24, 2.45) is 0 Å². The number of phenols is 2. The Morgan fingerprint density at radius 1 is 0.467 bits per heavy atom. The van der Waals surface area contributed by atoms with E-state index in [1.807, 2.05) is 0 Å². The first-order valence-electron chi connectivity index (χ1n) is 26.6. The van der Waals surface area contributed by atoms with E-state index in [9.17, 15) is 37.9 Å². The van der Waals surface area contributed by atoms with E-state index in [0.29, 0.717) is 22.3 Å². The first-order valence-corrected chi connectivity index (χ1v) is 30.0. The third kappa shape index (κ3) is 28.0. The van der Waals surface area contributed by atoms with Gasteiger partial charge in [-0.1, -0.05) is 24.3 Å². The number of benzene rings is 2. The lowest BCUT2D eigenvalue weighted by atomic mass is 10.2. The highest BCUT2D eigenvalue weighted by Gasteiger charge is 2.31. The lowest BCUT2D eigenvalue weighted by Crippen LogP contribution is -2.20. The Morgan fingerprint density at radius 2 is 0.756 bits per heavy atom. The van der Waals surface area contributed by atoms with Gasteiger partial charge in [0, 0.05) is 0 Å². The molecule has 6 aromatic rings. The molecule has 0 saturated carbocycles. The third-order valence-electron chi connectivity index (χ3n) is 10.1. The van der Waals surface area contributed by atoms with Gasteiger partial charge in [-0.3, -0.25) is 27.2 Å². The summed E-state index contributed by atoms with van der Waals surface area (Å²) in [4.78, 5) is 91.0. The standard InChI is InChI=1S/2C19H30N5O10P.2C7H6O3/c2*1-12(2)33-18(25)28-9-31-35(27,32-10-29-19(26)34-13(3)4)11-30-14(5)6-24-8-23-15-16(20)21-7-22-17(15)24;2*8-6-4-2-1-3-5(6)7(9)10/h2*7-8,12-14H,6,9-11H2,1-5H3,(H2,20,21,22);2*1-4,8H,(H,9,10)/t2*14-;;/m11../s1. The second kappa shape index (κ2) is 37.7. The maximum atomic E-state index is 13.1. The average molecular weight is 1320 g/mol. The van der Waals surface area contributed by atoms with E-state index in [1.165, 1.54) is 49.6 Å². The molecule has 0 amide bonds. The molecular weight excluding hydrogens is 1240 g/mol. The molecule has 90 heavy (non-hydrogen) atoms. The molecule has 0 spiro atoms. The molecule has 0 unspecified atom stereocenters. The van der Waals surface area contributed by atoms with E-state index >= 15 is 0 Å². The fourth-order valence-electron chi connectivity index (χ4n) is 6.22. The number of hydrogen-bond donors (Lipinski definition) is 6. The summed E-state index contributed by atoms with van der Waals surface area (Å²) in [6.45, 7) is 14.0. The van der Waals surface area contributed by atoms with Crippen LogP contribution in [0, 0.1) is 0 Å². The topological polar surface area (TPSA) is 486 Å². The van der Waals surface area contributed by atoms with Gasteiger partial charge in [0.2, 0.25) is 27.2 Å². The van der Waals surface area contributed by atoms with Gasteiger partial charge in [0.05, 0.1) is 62.4 Å². The second-order valence-corrected chi connectivity index (χ2v) is 23.0. The van der Waals surface area contributed by atoms with Crippen LogP contribution in [0.15, 0.2) is 73.8 Å². The number of imidazole rings is 2. The van der Waals surface area contributed by atoms with Crippen molar-refractivity contribution in [3.8, 4) is 11.5 Å². The summed E-state index contributed by atoms with van der Waals surface area (Å²) in [5.41, 5.74) is 13.3. The molecule has 38 heteroatoms. The quantitative estimate of drug-likeness (QED) is 0.0116. The Bertz CT molecular complexity index is 3090. The van der Waals surface area contributed by atoms with Gasteiger partial charge >= 0.3 is 51.8 Å². The Kier molecular flexibility index (Phi) is 31.5. The first-order chi connectivity index (χ1) is 42.4. The molecule has 2 aromatic carbocycles. The van der Waals surface area contributed by atoms with Gasteiger partial charge in [-0.05, 0) is 93.5 Å². The molecule has 4 aromatic heterocycles. The number of fused-ring (bicyclic) bond motifs is 2. The molecular formula is C52H72N10O26P2. The van der Waals surface area contributed by atoms with E-state index in [0.717, 1.165) is 0 Å². The Balaban J connectivity index is 0.000000359. The zero-order valence-electron chi connectivity index (χ0n) is 50.4. The average Bonchev–Trinajstić information content (AvgIpc) is 1.83. The molecule has 0 radical (unpaired) electrons. The number of aromatic carboxylic acids is 2. The molecule has 36 nitrogen and oxygen atoms in total. The number of ether oxygens (including phenoxy) is 10. The third-order valence-corrected chi connectivity index (χ3v) is 13.0. The molecule has 0 aliphatic rings. The number of nitrogen functional groups attached to an aromatic ring is 2. The molecule has 496 valence electrons. The number of anilines is 2. The molecule has 0 aliphatic heterocycles. The Morgan fingerprint density at radius 3 is 1.01 bits per heavy atom. The van der Waals surface area contributed by atoms with Gasteiger partial charge in [0.15, 0.2) is 22.9 Å². The summed E-state index contributed by atoms with van der Waals surface area (Å²) in [5, 5.41) is 34.6. The number of carbonyl (C=O) groups is 6. The van der Waals surface area contributed by atoms with Crippen LogP contribution in [0.1, 0.15) is 90.0 Å². The van der Waals surface area contributed by atoms with E-state index in [2.05, 4.69) is 29.9 Å². The first kappa shape index (κ1) is 75.2. The number of carboxylic acids is 2. The number of para-hydroxylation sites is 2. The number of hydrogen-bond acceptors (Lipinski definition) is 32. The van der Waals surface area contributed by atoms with Crippen molar-refractivity contribution < 1.29 is 124 Å². The predicted molar refractivity (Wildman–Crippen MR) is 310 cm³/mol. The van der Waals surface area contributed by atoms with Crippen molar-refractivity contribution in [1.29, 1.82) is 0 Å². The van der Waals surface area contributed by atoms with Gasteiger partial charge < -0.3 is 88.4 Å². The number of aromatic hydroxyl groups is 2. The van der Waals surface area contributed by atoms with Gasteiger partial charge in [0.25, 0.3) is 0 Å². The summed E-state index contributed by atoms with van der Waals surface area (Å²) in [7, 11) is -8.12. The Hall–Kier alpha value is -9.02. The molecule has 4 heterocycles. The molecule has 0 fully saturated rings. The van der Waals surface area contributed by atoms with Crippen LogP contribution in [0.3, 0.4) is 0 Å². The van der Waals surface area contributed by atoms with Crippen molar-refractivity contribution >= 4 is 85.7 Å². The van der Waals surface area contributed by atoms with E-state index in [4.69, 9.17) is 97.4 Å². The zero-order chi connectivity index (χ0) is 67.1. The highest BCUT2D eigenvalue weighted by molar-refractivity contribution is 7.53. The maximum Gasteiger partial charge on any atom is 0.510 e. The lowest BCUT2D eigenvalue weighted by Gasteiger charge is -2.21. The molecule has 6 rings (SSSR count). The van der Waals surface area contributed by atoms with Gasteiger partial charge in [0.1, 0.15) is 59.0 Å². The SMILES string of the molecule is CC(C)OC(=O)OCOP(=O)(CO[C@H](C)Cn1cnc2c(N)ncnc21)OCOC(=O)OC(C)C.CC(C)OC(=O)OCOP(=O)(CO[C@H](C)Cn1cnc2c(N)ncnc21)OCOC(=O)OC(C)C.O=C(O)c1ccccc1O.O=C(O)c1ccccc1O. The number of carboxylic acid groups (broad SMARTS) is 2. The predicted octanol–water partition coefficient (Wildman–Crippen LogP) is 8.25. The maximum absolute atomic E-state index is 13.1. The normalized spacial score (nSPS) is 11.9. The van der Waals surface area contributed by atoms with E-state index in [-0.39, 0.29) is 47.4 Å². The number of carbonyl (C=O) groups excluding carboxylic acids is 4. The minimum atomic E-state index is -4.06. The summed E-state index contributed by atoms with van der Waals surface area (Å²) < 4.78 is 99.3. The second-order valence-electron chi connectivity index (χ2n) is 19.0. The van der Waals surface area contributed by atoms with E-state index < -0.39 is 128 Å². The molecule has 2 atom stereocenters. The van der Waals surface area contributed by atoms with Crippen LogP contribution >= 0.6 is 15.2 Å². The largest absolute Gasteiger partial charge is 0.510 e. The molecule has 8 N–H and O–H groups in total. The summed E-state index contributed by atoms with van der Waals surface area (Å²) in [6.07, 6.45) is -2.27. The fraction of sp³-hybridized carbons (Fsp3) is 0.462. The van der Waals surface area contributed by atoms with Crippen LogP contribution in [-0.4, -0.2) is 173 Å². The minimum absolute atomic E-state index is 0.0671. The smallest absolute Gasteiger partial charge is 0.507 e. The van der Waals surface area contributed by atoms with Gasteiger partial charge in [-0.2, -0.15) is 0 Å². The van der Waals surface area contributed by atoms with Crippen LogP contribution in [0.4, 0.5) is 30.8 Å². The van der Waals surface area contributed by atoms with Crippen LogP contribution in [-0.2, 0) is 87.7 Å². The van der Waals surface area contributed by atoms with Crippen LogP contribution in [0.5, 0.6) is 11.5 Å². The number of nitrogens with zero attached hydrogens (tertiary/aromatic N) is 8. The van der Waals surface area contributed by atoms with Crippen molar-refractivity contribution in [2.45, 2.75) is 119 Å². The highest BCUT2D eigenvalue weighted by Crippen LogP contribution is 2.49. The van der Waals surface area contributed by atoms with Crippen LogP contribution in [0.2, 0.25) is 0 Å². The van der Waals surface area contributed by atoms with Gasteiger partial charge in [-0.15, -0.1) is 0 Å². The van der Waals surface area contributed by atoms with Gasteiger partial charge in [-0.25, -0.2) is 58.7 Å². The van der Waals surface area contributed by atoms with Crippen molar-refractivity contribution in [1.82, 2.24) is 39.0 Å². The Labute approximate surface area is 513 Å². The lowest BCUT2D eigenvalue weighted by molar-refractivity contribution is -0.0390. The summed E-state index contributed by atoms with van der Waals surface area (Å²) >= 11 is 0.